The number of hydrogen-bond acceptors (Lipinski definition) is 2. The van der Waals surface area contributed by atoms with Gasteiger partial charge in [0, 0.05) is 5.02 Å². The van der Waals surface area contributed by atoms with Crippen LogP contribution in [0.3, 0.4) is 0 Å². The maximum atomic E-state index is 10.2. The average molecular weight is 276 g/mol. The van der Waals surface area contributed by atoms with Crippen molar-refractivity contribution in [2.24, 2.45) is 11.7 Å². The van der Waals surface area contributed by atoms with Crippen molar-refractivity contribution in [3.05, 3.63) is 34.9 Å². The van der Waals surface area contributed by atoms with Crippen LogP contribution in [0.5, 0.6) is 0 Å². The molecule has 0 aliphatic heterocycles. The van der Waals surface area contributed by atoms with Crippen LogP contribution >= 0.6 is 24.0 Å². The standard InChI is InChI=1S/C13H18ClNO.ClH/c14-11-8-4-3-7-10(11)12(15)13(16)9-5-1-2-6-9;/h3-4,7-9,12-13,16H,1-2,5-6,15H2;1H/t12-,13+;/m1./s1. The lowest BCUT2D eigenvalue weighted by Gasteiger charge is -2.25. The van der Waals surface area contributed by atoms with Crippen LogP contribution < -0.4 is 5.73 Å². The van der Waals surface area contributed by atoms with Crippen molar-refractivity contribution in [1.29, 1.82) is 0 Å². The summed E-state index contributed by atoms with van der Waals surface area (Å²) >= 11 is 6.08. The number of aliphatic hydroxyl groups is 1. The van der Waals surface area contributed by atoms with Crippen molar-refractivity contribution in [2.45, 2.75) is 37.8 Å². The molecule has 0 aromatic heterocycles. The minimum Gasteiger partial charge on any atom is -0.391 e. The fourth-order valence-electron chi connectivity index (χ4n) is 2.52. The zero-order chi connectivity index (χ0) is 11.5. The highest BCUT2D eigenvalue weighted by Gasteiger charge is 2.29. The van der Waals surface area contributed by atoms with Crippen molar-refractivity contribution in [2.75, 3.05) is 0 Å². The van der Waals surface area contributed by atoms with Crippen molar-refractivity contribution < 1.29 is 5.11 Å². The zero-order valence-corrected chi connectivity index (χ0v) is 11.3. The molecular formula is C13H19Cl2NO. The summed E-state index contributed by atoms with van der Waals surface area (Å²) in [6, 6.07) is 7.13. The van der Waals surface area contributed by atoms with Crippen molar-refractivity contribution in [3.8, 4) is 0 Å². The Hall–Kier alpha value is -0.280. The van der Waals surface area contributed by atoms with E-state index in [1.165, 1.54) is 12.8 Å². The fourth-order valence-corrected chi connectivity index (χ4v) is 2.78. The van der Waals surface area contributed by atoms with Gasteiger partial charge < -0.3 is 10.8 Å². The first-order valence-electron chi connectivity index (χ1n) is 5.88. The predicted octanol–water partition coefficient (Wildman–Crippen LogP) is 3.31. The minimum absolute atomic E-state index is 0. The van der Waals surface area contributed by atoms with E-state index < -0.39 is 6.10 Å². The number of hydrogen-bond donors (Lipinski definition) is 2. The fraction of sp³-hybridized carbons (Fsp3) is 0.538. The molecule has 1 fully saturated rings. The second-order valence-electron chi connectivity index (χ2n) is 4.58. The highest BCUT2D eigenvalue weighted by atomic mass is 35.5. The van der Waals surface area contributed by atoms with Crippen LogP contribution in [-0.4, -0.2) is 11.2 Å². The number of nitrogens with two attached hydrogens (primary N) is 1. The lowest BCUT2D eigenvalue weighted by Crippen LogP contribution is -2.32. The number of benzene rings is 1. The van der Waals surface area contributed by atoms with Gasteiger partial charge in [0.15, 0.2) is 0 Å². The molecule has 0 saturated heterocycles. The zero-order valence-electron chi connectivity index (χ0n) is 9.68. The summed E-state index contributed by atoms with van der Waals surface area (Å²) in [5.74, 6) is 0.339. The molecule has 0 amide bonds. The molecular weight excluding hydrogens is 257 g/mol. The van der Waals surface area contributed by atoms with Crippen LogP contribution in [-0.2, 0) is 0 Å². The second kappa shape index (κ2) is 6.60. The topological polar surface area (TPSA) is 46.2 Å². The predicted molar refractivity (Wildman–Crippen MR) is 73.6 cm³/mol. The maximum absolute atomic E-state index is 10.2. The third-order valence-electron chi connectivity index (χ3n) is 3.52. The SMILES string of the molecule is Cl.N[C@H](c1ccccc1Cl)[C@@H](O)C1CCCC1. The Balaban J connectivity index is 0.00000144. The molecule has 1 aromatic rings. The van der Waals surface area contributed by atoms with Crippen LogP contribution in [0.1, 0.15) is 37.3 Å². The summed E-state index contributed by atoms with van der Waals surface area (Å²) in [7, 11) is 0. The molecule has 1 saturated carbocycles. The van der Waals surface area contributed by atoms with E-state index in [1.54, 1.807) is 0 Å². The highest BCUT2D eigenvalue weighted by Crippen LogP contribution is 2.34. The first kappa shape index (κ1) is 14.8. The Labute approximate surface area is 114 Å². The molecule has 0 radical (unpaired) electrons. The molecule has 0 spiro atoms. The third-order valence-corrected chi connectivity index (χ3v) is 3.86. The third kappa shape index (κ3) is 3.35. The summed E-state index contributed by atoms with van der Waals surface area (Å²) in [4.78, 5) is 0. The van der Waals surface area contributed by atoms with Gasteiger partial charge in [-0.2, -0.15) is 0 Å². The minimum atomic E-state index is -0.470. The summed E-state index contributed by atoms with van der Waals surface area (Å²) in [6.45, 7) is 0. The molecule has 1 aromatic carbocycles. The van der Waals surface area contributed by atoms with Gasteiger partial charge in [0.2, 0.25) is 0 Å². The van der Waals surface area contributed by atoms with Gasteiger partial charge in [-0.3, -0.25) is 0 Å². The van der Waals surface area contributed by atoms with E-state index in [1.807, 2.05) is 24.3 Å². The molecule has 0 heterocycles. The maximum Gasteiger partial charge on any atom is 0.0761 e. The van der Waals surface area contributed by atoms with Gasteiger partial charge >= 0.3 is 0 Å². The van der Waals surface area contributed by atoms with E-state index in [-0.39, 0.29) is 18.4 Å². The summed E-state index contributed by atoms with van der Waals surface area (Å²) in [5, 5.41) is 10.9. The van der Waals surface area contributed by atoms with Gasteiger partial charge in [-0.05, 0) is 30.4 Å². The van der Waals surface area contributed by atoms with E-state index in [4.69, 9.17) is 17.3 Å². The molecule has 3 N–H and O–H groups in total. The van der Waals surface area contributed by atoms with Crippen LogP contribution in [0.4, 0.5) is 0 Å². The Kier molecular flexibility index (Phi) is 5.74. The Bertz CT molecular complexity index is 353. The molecule has 2 atom stereocenters. The second-order valence-corrected chi connectivity index (χ2v) is 4.99. The molecule has 96 valence electrons. The van der Waals surface area contributed by atoms with Crippen LogP contribution in [0, 0.1) is 5.92 Å². The lowest BCUT2D eigenvalue weighted by molar-refractivity contribution is 0.0845. The van der Waals surface area contributed by atoms with Crippen molar-refractivity contribution in [3.63, 3.8) is 0 Å². The molecule has 2 rings (SSSR count). The number of rotatable bonds is 3. The van der Waals surface area contributed by atoms with Gasteiger partial charge in [-0.15, -0.1) is 12.4 Å². The number of halogens is 2. The summed E-state index contributed by atoms with van der Waals surface area (Å²) < 4.78 is 0. The number of aliphatic hydroxyl groups excluding tert-OH is 1. The van der Waals surface area contributed by atoms with Gasteiger partial charge in [-0.25, -0.2) is 0 Å². The molecule has 17 heavy (non-hydrogen) atoms. The van der Waals surface area contributed by atoms with Crippen LogP contribution in [0.25, 0.3) is 0 Å². The van der Waals surface area contributed by atoms with Gasteiger partial charge in [0.05, 0.1) is 12.1 Å². The average Bonchev–Trinajstić information content (AvgIpc) is 2.81. The van der Waals surface area contributed by atoms with E-state index in [0.717, 1.165) is 18.4 Å². The van der Waals surface area contributed by atoms with Crippen LogP contribution in [0.2, 0.25) is 5.02 Å². The largest absolute Gasteiger partial charge is 0.391 e. The van der Waals surface area contributed by atoms with Crippen molar-refractivity contribution >= 4 is 24.0 Å². The highest BCUT2D eigenvalue weighted by molar-refractivity contribution is 6.31. The van der Waals surface area contributed by atoms with Crippen LogP contribution in [0.15, 0.2) is 24.3 Å². The molecule has 4 heteroatoms. The summed E-state index contributed by atoms with van der Waals surface area (Å²) in [5.41, 5.74) is 6.94. The Morgan fingerprint density at radius 2 is 1.82 bits per heavy atom. The van der Waals surface area contributed by atoms with E-state index in [0.29, 0.717) is 10.9 Å². The lowest BCUT2D eigenvalue weighted by atomic mass is 9.91. The Morgan fingerprint density at radius 1 is 1.24 bits per heavy atom. The smallest absolute Gasteiger partial charge is 0.0761 e. The Morgan fingerprint density at radius 3 is 2.41 bits per heavy atom. The van der Waals surface area contributed by atoms with Crippen molar-refractivity contribution in [1.82, 2.24) is 0 Å². The first-order chi connectivity index (χ1) is 7.70. The quantitative estimate of drug-likeness (QED) is 0.889. The van der Waals surface area contributed by atoms with Gasteiger partial charge in [0.25, 0.3) is 0 Å². The molecule has 0 unspecified atom stereocenters. The molecule has 1 aliphatic carbocycles. The molecule has 0 bridgehead atoms. The molecule has 2 nitrogen and oxygen atoms in total. The van der Waals surface area contributed by atoms with E-state index >= 15 is 0 Å². The monoisotopic (exact) mass is 275 g/mol. The summed E-state index contributed by atoms with van der Waals surface area (Å²) in [6.07, 6.45) is 4.11. The van der Waals surface area contributed by atoms with Gasteiger partial charge in [0.1, 0.15) is 0 Å². The molecule has 1 aliphatic rings. The van der Waals surface area contributed by atoms with Gasteiger partial charge in [-0.1, -0.05) is 42.6 Å². The van der Waals surface area contributed by atoms with E-state index in [9.17, 15) is 5.11 Å². The normalized spacial score (nSPS) is 19.7. The first-order valence-corrected chi connectivity index (χ1v) is 6.26. The van der Waals surface area contributed by atoms with E-state index in [2.05, 4.69) is 0 Å².